The second kappa shape index (κ2) is 5.09. The molecule has 0 aromatic heterocycles. The van der Waals surface area contributed by atoms with E-state index in [9.17, 15) is 13.6 Å². The average molecular weight is 214 g/mol. The van der Waals surface area contributed by atoms with Crippen molar-refractivity contribution in [2.45, 2.75) is 0 Å². The first-order valence-corrected chi connectivity index (χ1v) is 4.07. The minimum absolute atomic E-state index is 0.0454. The van der Waals surface area contributed by atoms with Crippen LogP contribution >= 0.6 is 0 Å². The molecule has 0 saturated carbocycles. The maximum Gasteiger partial charge on any atom is 0.506 e. The molecular formula is C10H8F2O3. The molecule has 3 nitrogen and oxygen atoms in total. The monoisotopic (exact) mass is 214 g/mol. The molecule has 1 aromatic rings. The Labute approximate surface area is 84.6 Å². The zero-order chi connectivity index (χ0) is 11.3. The Morgan fingerprint density at radius 2 is 2.20 bits per heavy atom. The van der Waals surface area contributed by atoms with E-state index in [1.165, 1.54) is 12.2 Å². The summed E-state index contributed by atoms with van der Waals surface area (Å²) < 4.78 is 29.8. The number of hydrogen-bond donors (Lipinski definition) is 1. The molecule has 80 valence electrons. The van der Waals surface area contributed by atoms with Crippen LogP contribution in [0.1, 0.15) is 5.56 Å². The van der Waals surface area contributed by atoms with Crippen molar-refractivity contribution in [3.63, 3.8) is 0 Å². The summed E-state index contributed by atoms with van der Waals surface area (Å²) in [6, 6.07) is 3.00. The average Bonchev–Trinajstić information content (AvgIpc) is 2.17. The Kier molecular flexibility index (Phi) is 3.79. The van der Waals surface area contributed by atoms with E-state index in [0.29, 0.717) is 0 Å². The van der Waals surface area contributed by atoms with Crippen molar-refractivity contribution < 1.29 is 23.4 Å². The van der Waals surface area contributed by atoms with Gasteiger partial charge in [-0.2, -0.15) is 0 Å². The lowest BCUT2D eigenvalue weighted by atomic mass is 10.2. The number of benzene rings is 1. The summed E-state index contributed by atoms with van der Waals surface area (Å²) >= 11 is 0. The van der Waals surface area contributed by atoms with Crippen LogP contribution in [0.5, 0.6) is 0 Å². The van der Waals surface area contributed by atoms with E-state index in [1.54, 1.807) is 0 Å². The van der Waals surface area contributed by atoms with Gasteiger partial charge in [0, 0.05) is 5.56 Å². The highest BCUT2D eigenvalue weighted by Crippen LogP contribution is 2.11. The van der Waals surface area contributed by atoms with E-state index in [2.05, 4.69) is 4.74 Å². The molecule has 0 spiro atoms. The van der Waals surface area contributed by atoms with Crippen molar-refractivity contribution in [2.75, 3.05) is 6.61 Å². The Balaban J connectivity index is 2.63. The summed E-state index contributed by atoms with van der Waals surface area (Å²) in [5.74, 6) is -1.14. The SMILES string of the molecule is O=C(O)OCC=Cc1cc(F)ccc1F. The van der Waals surface area contributed by atoms with Gasteiger partial charge < -0.3 is 9.84 Å². The maximum absolute atomic E-state index is 13.0. The summed E-state index contributed by atoms with van der Waals surface area (Å²) in [7, 11) is 0. The molecule has 0 radical (unpaired) electrons. The highest BCUT2D eigenvalue weighted by atomic mass is 19.1. The second-order valence-corrected chi connectivity index (χ2v) is 2.65. The van der Waals surface area contributed by atoms with Gasteiger partial charge in [-0.3, -0.25) is 0 Å². The first kappa shape index (κ1) is 11.2. The predicted molar refractivity (Wildman–Crippen MR) is 49.4 cm³/mol. The zero-order valence-corrected chi connectivity index (χ0v) is 7.61. The quantitative estimate of drug-likeness (QED) is 0.787. The summed E-state index contributed by atoms with van der Waals surface area (Å²) in [5, 5.41) is 8.12. The number of halogens is 2. The number of carboxylic acid groups (broad SMARTS) is 1. The molecule has 0 amide bonds. The first-order valence-electron chi connectivity index (χ1n) is 4.07. The van der Waals surface area contributed by atoms with Gasteiger partial charge in [0.2, 0.25) is 0 Å². The molecule has 0 heterocycles. The lowest BCUT2D eigenvalue weighted by Crippen LogP contribution is -1.98. The molecule has 0 aliphatic carbocycles. The van der Waals surface area contributed by atoms with Crippen molar-refractivity contribution in [3.8, 4) is 0 Å². The summed E-state index contributed by atoms with van der Waals surface area (Å²) in [6.45, 7) is -0.203. The van der Waals surface area contributed by atoms with Gasteiger partial charge in [-0.25, -0.2) is 13.6 Å². The van der Waals surface area contributed by atoms with E-state index in [4.69, 9.17) is 5.11 Å². The van der Waals surface area contributed by atoms with E-state index in [1.807, 2.05) is 0 Å². The van der Waals surface area contributed by atoms with Crippen LogP contribution in [-0.4, -0.2) is 17.9 Å². The Morgan fingerprint density at radius 3 is 2.87 bits per heavy atom. The smallest absolute Gasteiger partial charge is 0.450 e. The van der Waals surface area contributed by atoms with Crippen molar-refractivity contribution in [1.29, 1.82) is 0 Å². The molecule has 0 saturated heterocycles. The van der Waals surface area contributed by atoms with Crippen molar-refractivity contribution in [2.24, 2.45) is 0 Å². The minimum Gasteiger partial charge on any atom is -0.450 e. The van der Waals surface area contributed by atoms with Crippen LogP contribution in [0.25, 0.3) is 6.08 Å². The van der Waals surface area contributed by atoms with Crippen LogP contribution in [-0.2, 0) is 4.74 Å². The highest BCUT2D eigenvalue weighted by Gasteiger charge is 1.99. The Bertz CT molecular complexity index is 388. The molecule has 0 bridgehead atoms. The van der Waals surface area contributed by atoms with Crippen molar-refractivity contribution >= 4 is 12.2 Å². The van der Waals surface area contributed by atoms with Gasteiger partial charge >= 0.3 is 6.16 Å². The van der Waals surface area contributed by atoms with Gasteiger partial charge in [-0.05, 0) is 24.3 Å². The second-order valence-electron chi connectivity index (χ2n) is 2.65. The van der Waals surface area contributed by atoms with Crippen LogP contribution in [0.4, 0.5) is 13.6 Å². The molecular weight excluding hydrogens is 206 g/mol. The van der Waals surface area contributed by atoms with Gasteiger partial charge in [0.15, 0.2) is 0 Å². The molecule has 1 rings (SSSR count). The molecule has 15 heavy (non-hydrogen) atoms. The molecule has 0 aliphatic rings. The van der Waals surface area contributed by atoms with E-state index in [-0.39, 0.29) is 12.2 Å². The molecule has 0 fully saturated rings. The van der Waals surface area contributed by atoms with Gasteiger partial charge in [0.1, 0.15) is 18.2 Å². The largest absolute Gasteiger partial charge is 0.506 e. The fourth-order valence-electron chi connectivity index (χ4n) is 0.937. The zero-order valence-electron chi connectivity index (χ0n) is 7.61. The third-order valence-corrected chi connectivity index (χ3v) is 1.56. The summed E-state index contributed by atoms with van der Waals surface area (Å²) in [5.41, 5.74) is 0.0454. The van der Waals surface area contributed by atoms with Crippen LogP contribution in [0.15, 0.2) is 24.3 Å². The molecule has 1 aromatic carbocycles. The van der Waals surface area contributed by atoms with E-state index >= 15 is 0 Å². The third kappa shape index (κ3) is 3.76. The normalized spacial score (nSPS) is 10.5. The summed E-state index contributed by atoms with van der Waals surface area (Å²) in [4.78, 5) is 9.94. The van der Waals surface area contributed by atoms with Crippen molar-refractivity contribution in [1.82, 2.24) is 0 Å². The van der Waals surface area contributed by atoms with Crippen LogP contribution in [0.3, 0.4) is 0 Å². The first-order chi connectivity index (χ1) is 7.09. The number of ether oxygens (including phenoxy) is 1. The van der Waals surface area contributed by atoms with Gasteiger partial charge in [0.25, 0.3) is 0 Å². The number of carbonyl (C=O) groups is 1. The topological polar surface area (TPSA) is 46.5 Å². The summed E-state index contributed by atoms with van der Waals surface area (Å²) in [6.07, 6.45) is 1.12. The lowest BCUT2D eigenvalue weighted by Gasteiger charge is -1.97. The molecule has 0 aliphatic heterocycles. The van der Waals surface area contributed by atoms with Crippen LogP contribution < -0.4 is 0 Å². The number of hydrogen-bond acceptors (Lipinski definition) is 2. The Morgan fingerprint density at radius 1 is 1.47 bits per heavy atom. The van der Waals surface area contributed by atoms with Gasteiger partial charge in [-0.15, -0.1) is 0 Å². The standard InChI is InChI=1S/C10H8F2O3/c11-8-3-4-9(12)7(6-8)2-1-5-15-10(13)14/h1-4,6H,5H2,(H,13,14). The number of rotatable bonds is 3. The fourth-order valence-corrected chi connectivity index (χ4v) is 0.937. The van der Waals surface area contributed by atoms with Crippen LogP contribution in [0, 0.1) is 11.6 Å². The molecule has 0 unspecified atom stereocenters. The van der Waals surface area contributed by atoms with Gasteiger partial charge in [-0.1, -0.05) is 6.08 Å². The van der Waals surface area contributed by atoms with Crippen molar-refractivity contribution in [3.05, 3.63) is 41.5 Å². The Hall–Kier alpha value is -1.91. The molecule has 1 N–H and O–H groups in total. The predicted octanol–water partition coefficient (Wildman–Crippen LogP) is 2.67. The van der Waals surface area contributed by atoms with E-state index in [0.717, 1.165) is 18.2 Å². The third-order valence-electron chi connectivity index (χ3n) is 1.56. The minimum atomic E-state index is -1.42. The molecule has 0 atom stereocenters. The van der Waals surface area contributed by atoms with Crippen LogP contribution in [0.2, 0.25) is 0 Å². The highest BCUT2D eigenvalue weighted by molar-refractivity contribution is 5.57. The lowest BCUT2D eigenvalue weighted by molar-refractivity contribution is 0.102. The van der Waals surface area contributed by atoms with E-state index < -0.39 is 17.8 Å². The maximum atomic E-state index is 13.0. The molecule has 5 heteroatoms. The fraction of sp³-hybridized carbons (Fsp3) is 0.100. The van der Waals surface area contributed by atoms with Gasteiger partial charge in [0.05, 0.1) is 0 Å².